The Morgan fingerprint density at radius 2 is 2.23 bits per heavy atom. The van der Waals surface area contributed by atoms with Crippen LogP contribution >= 0.6 is 11.8 Å². The number of ether oxygens (including phenoxy) is 1. The number of morpholine rings is 1. The van der Waals surface area contributed by atoms with Gasteiger partial charge >= 0.3 is 6.03 Å². The summed E-state index contributed by atoms with van der Waals surface area (Å²) in [6.45, 7) is 3.50. The lowest BCUT2D eigenvalue weighted by Gasteiger charge is -2.26. The summed E-state index contributed by atoms with van der Waals surface area (Å²) in [5.41, 5.74) is 0. The SMILES string of the molecule is CSCCNC(=O)N1CCOCC1. The van der Waals surface area contributed by atoms with Crippen molar-refractivity contribution in [1.29, 1.82) is 0 Å². The Morgan fingerprint density at radius 1 is 1.54 bits per heavy atom. The van der Waals surface area contributed by atoms with Crippen molar-refractivity contribution in [3.8, 4) is 0 Å². The predicted molar refractivity (Wildman–Crippen MR) is 54.2 cm³/mol. The van der Waals surface area contributed by atoms with Gasteiger partial charge in [-0.25, -0.2) is 4.79 Å². The van der Waals surface area contributed by atoms with Gasteiger partial charge in [-0.15, -0.1) is 0 Å². The molecule has 0 unspecified atom stereocenters. The molecule has 1 aliphatic rings. The Kier molecular flexibility index (Phi) is 5.00. The lowest BCUT2D eigenvalue weighted by atomic mass is 10.4. The van der Waals surface area contributed by atoms with E-state index >= 15 is 0 Å². The van der Waals surface area contributed by atoms with Crippen LogP contribution in [-0.2, 0) is 4.74 Å². The molecule has 1 N–H and O–H groups in total. The van der Waals surface area contributed by atoms with E-state index in [4.69, 9.17) is 4.74 Å². The van der Waals surface area contributed by atoms with E-state index < -0.39 is 0 Å². The topological polar surface area (TPSA) is 41.6 Å². The Balaban J connectivity index is 2.13. The average molecular weight is 204 g/mol. The first-order valence-corrected chi connectivity index (χ1v) is 5.83. The number of hydrogen-bond donors (Lipinski definition) is 1. The van der Waals surface area contributed by atoms with E-state index in [1.807, 2.05) is 6.26 Å². The van der Waals surface area contributed by atoms with Crippen molar-refractivity contribution in [2.45, 2.75) is 0 Å². The van der Waals surface area contributed by atoms with Gasteiger partial charge in [0.25, 0.3) is 0 Å². The molecule has 13 heavy (non-hydrogen) atoms. The maximum Gasteiger partial charge on any atom is 0.317 e. The monoisotopic (exact) mass is 204 g/mol. The normalized spacial score (nSPS) is 17.2. The van der Waals surface area contributed by atoms with Crippen LogP contribution in [0.1, 0.15) is 0 Å². The van der Waals surface area contributed by atoms with E-state index in [2.05, 4.69) is 5.32 Å². The molecule has 1 heterocycles. The molecule has 1 saturated heterocycles. The van der Waals surface area contributed by atoms with E-state index in [0.717, 1.165) is 12.3 Å². The fourth-order valence-corrected chi connectivity index (χ4v) is 1.44. The van der Waals surface area contributed by atoms with E-state index in [9.17, 15) is 4.79 Å². The molecule has 0 saturated carbocycles. The molecule has 0 radical (unpaired) electrons. The second kappa shape index (κ2) is 6.10. The van der Waals surface area contributed by atoms with E-state index in [1.54, 1.807) is 16.7 Å². The van der Waals surface area contributed by atoms with Gasteiger partial charge in [0, 0.05) is 25.4 Å². The van der Waals surface area contributed by atoms with Crippen LogP contribution in [0.15, 0.2) is 0 Å². The van der Waals surface area contributed by atoms with Crippen molar-refractivity contribution in [2.75, 3.05) is 44.9 Å². The summed E-state index contributed by atoms with van der Waals surface area (Å²) in [6, 6.07) is 0.0392. The lowest BCUT2D eigenvalue weighted by molar-refractivity contribution is 0.0533. The first kappa shape index (κ1) is 10.7. The van der Waals surface area contributed by atoms with Gasteiger partial charge in [0.2, 0.25) is 0 Å². The minimum atomic E-state index is 0.0392. The summed E-state index contributed by atoms with van der Waals surface area (Å²) in [7, 11) is 0. The molecule has 1 rings (SSSR count). The quantitative estimate of drug-likeness (QED) is 0.676. The Labute approximate surface area is 83.0 Å². The third-order valence-electron chi connectivity index (χ3n) is 1.88. The number of carbonyl (C=O) groups excluding carboxylic acids is 1. The minimum absolute atomic E-state index is 0.0392. The van der Waals surface area contributed by atoms with Crippen LogP contribution in [0.5, 0.6) is 0 Å². The average Bonchev–Trinajstić information content (AvgIpc) is 2.19. The molecular weight excluding hydrogens is 188 g/mol. The van der Waals surface area contributed by atoms with Gasteiger partial charge in [-0.2, -0.15) is 11.8 Å². The Morgan fingerprint density at radius 3 is 2.85 bits per heavy atom. The highest BCUT2D eigenvalue weighted by Gasteiger charge is 2.15. The molecule has 0 bridgehead atoms. The van der Waals surface area contributed by atoms with Crippen molar-refractivity contribution in [3.05, 3.63) is 0 Å². The fraction of sp³-hybridized carbons (Fsp3) is 0.875. The number of urea groups is 1. The zero-order valence-corrected chi connectivity index (χ0v) is 8.73. The molecule has 4 nitrogen and oxygen atoms in total. The smallest absolute Gasteiger partial charge is 0.317 e. The molecule has 2 amide bonds. The van der Waals surface area contributed by atoms with Crippen LogP contribution in [-0.4, -0.2) is 55.8 Å². The van der Waals surface area contributed by atoms with Crippen LogP contribution in [0.4, 0.5) is 4.79 Å². The Hall–Kier alpha value is -0.420. The molecule has 1 aliphatic heterocycles. The number of rotatable bonds is 3. The largest absolute Gasteiger partial charge is 0.378 e. The van der Waals surface area contributed by atoms with Crippen molar-refractivity contribution < 1.29 is 9.53 Å². The van der Waals surface area contributed by atoms with Gasteiger partial charge in [0.15, 0.2) is 0 Å². The van der Waals surface area contributed by atoms with Crippen molar-refractivity contribution in [2.24, 2.45) is 0 Å². The summed E-state index contributed by atoms with van der Waals surface area (Å²) in [4.78, 5) is 13.2. The van der Waals surface area contributed by atoms with Gasteiger partial charge in [-0.3, -0.25) is 0 Å². The Bertz CT molecular complexity index is 160. The predicted octanol–water partition coefficient (Wildman–Crippen LogP) is 0.391. The molecule has 0 aromatic carbocycles. The maximum absolute atomic E-state index is 11.4. The molecule has 1 fully saturated rings. The molecule has 76 valence electrons. The van der Waals surface area contributed by atoms with Gasteiger partial charge in [-0.05, 0) is 6.26 Å². The van der Waals surface area contributed by atoms with Gasteiger partial charge in [0.1, 0.15) is 0 Å². The van der Waals surface area contributed by atoms with Crippen LogP contribution < -0.4 is 5.32 Å². The number of carbonyl (C=O) groups is 1. The number of nitrogens with one attached hydrogen (secondary N) is 1. The highest BCUT2D eigenvalue weighted by Crippen LogP contribution is 1.97. The standard InChI is InChI=1S/C8H16N2O2S/c1-13-7-2-9-8(11)10-3-5-12-6-4-10/h2-7H2,1H3,(H,9,11). The third-order valence-corrected chi connectivity index (χ3v) is 2.49. The second-order valence-electron chi connectivity index (χ2n) is 2.82. The van der Waals surface area contributed by atoms with Gasteiger partial charge < -0.3 is 15.0 Å². The van der Waals surface area contributed by atoms with Gasteiger partial charge in [-0.1, -0.05) is 0 Å². The molecule has 5 heteroatoms. The second-order valence-corrected chi connectivity index (χ2v) is 3.81. The van der Waals surface area contributed by atoms with Gasteiger partial charge in [0.05, 0.1) is 13.2 Å². The number of hydrogen-bond acceptors (Lipinski definition) is 3. The first-order valence-electron chi connectivity index (χ1n) is 4.44. The zero-order valence-electron chi connectivity index (χ0n) is 7.91. The number of nitrogens with zero attached hydrogens (tertiary/aromatic N) is 1. The minimum Gasteiger partial charge on any atom is -0.378 e. The molecule has 0 atom stereocenters. The van der Waals surface area contributed by atoms with Crippen molar-refractivity contribution >= 4 is 17.8 Å². The number of amides is 2. The molecular formula is C8H16N2O2S. The fourth-order valence-electron chi connectivity index (χ4n) is 1.14. The molecule has 0 aromatic heterocycles. The summed E-state index contributed by atoms with van der Waals surface area (Å²) >= 11 is 1.73. The lowest BCUT2D eigenvalue weighted by Crippen LogP contribution is -2.46. The van der Waals surface area contributed by atoms with Crippen molar-refractivity contribution in [1.82, 2.24) is 10.2 Å². The van der Waals surface area contributed by atoms with Crippen LogP contribution in [0.2, 0.25) is 0 Å². The van der Waals surface area contributed by atoms with Crippen molar-refractivity contribution in [3.63, 3.8) is 0 Å². The summed E-state index contributed by atoms with van der Waals surface area (Å²) < 4.78 is 5.15. The highest BCUT2D eigenvalue weighted by molar-refractivity contribution is 7.98. The third kappa shape index (κ3) is 3.87. The number of thioether (sulfide) groups is 1. The van der Waals surface area contributed by atoms with Crippen LogP contribution in [0.3, 0.4) is 0 Å². The van der Waals surface area contributed by atoms with E-state index in [-0.39, 0.29) is 6.03 Å². The summed E-state index contributed by atoms with van der Waals surface area (Å²) in [5.74, 6) is 0.968. The van der Waals surface area contributed by atoms with E-state index in [0.29, 0.717) is 26.3 Å². The zero-order chi connectivity index (χ0) is 9.52. The summed E-state index contributed by atoms with van der Waals surface area (Å²) in [6.07, 6.45) is 2.03. The molecule has 0 aromatic rings. The van der Waals surface area contributed by atoms with E-state index in [1.165, 1.54) is 0 Å². The maximum atomic E-state index is 11.4. The van der Waals surface area contributed by atoms with Crippen LogP contribution in [0.25, 0.3) is 0 Å². The first-order chi connectivity index (χ1) is 6.34. The summed E-state index contributed by atoms with van der Waals surface area (Å²) in [5, 5.41) is 2.86. The highest BCUT2D eigenvalue weighted by atomic mass is 32.2. The van der Waals surface area contributed by atoms with Crippen LogP contribution in [0, 0.1) is 0 Å². The molecule has 0 spiro atoms. The molecule has 0 aliphatic carbocycles.